The Kier molecular flexibility index (Phi) is 7.83. The summed E-state index contributed by atoms with van der Waals surface area (Å²) in [5.41, 5.74) is 0.304. The zero-order chi connectivity index (χ0) is 27.7. The highest BCUT2D eigenvalue weighted by atomic mass is 19.4. The molecule has 4 rings (SSSR count). The predicted octanol–water partition coefficient (Wildman–Crippen LogP) is 5.63. The first-order valence-electron chi connectivity index (χ1n) is 12.4. The maximum Gasteiger partial charge on any atom is 0.416 e. The lowest BCUT2D eigenvalue weighted by molar-refractivity contribution is -0.137. The first-order valence-corrected chi connectivity index (χ1v) is 12.4. The van der Waals surface area contributed by atoms with Crippen LogP contribution in [0.1, 0.15) is 60.8 Å². The molecular weight excluding hydrogens is 502 g/mol. The van der Waals surface area contributed by atoms with E-state index in [1.807, 2.05) is 32.5 Å². The van der Waals surface area contributed by atoms with Crippen LogP contribution < -0.4 is 10.2 Å². The standard InChI is InChI=1S/C28H31F4N3O3/c1-27(2,3)24-15-25(35(34(24)4)16-18-7-10-20(29)11-8-18)33-26(36)22-14-19(28(30,31)32)9-12-23(22)38-17-21-6-5-13-37-21/h7-12,14-15,21H,5-6,13,16-17H2,1-4H3/t21-/m0/s1. The van der Waals surface area contributed by atoms with Crippen molar-refractivity contribution >= 4 is 5.91 Å². The molecule has 0 bridgehead atoms. The number of carbonyl (C=O) groups excluding carboxylic acids is 1. The molecule has 204 valence electrons. The van der Waals surface area contributed by atoms with Gasteiger partial charge >= 0.3 is 6.18 Å². The van der Waals surface area contributed by atoms with Gasteiger partial charge < -0.3 is 9.47 Å². The molecule has 0 saturated carbocycles. The Morgan fingerprint density at radius 1 is 1.11 bits per heavy atom. The van der Waals surface area contributed by atoms with Gasteiger partial charge in [0.2, 0.25) is 0 Å². The summed E-state index contributed by atoms with van der Waals surface area (Å²) in [6.45, 7) is 6.99. The number of alkyl halides is 3. The molecule has 0 N–H and O–H groups in total. The molecule has 2 heterocycles. The second kappa shape index (κ2) is 10.8. The average Bonchev–Trinajstić information content (AvgIpc) is 3.47. The van der Waals surface area contributed by atoms with E-state index >= 15 is 0 Å². The van der Waals surface area contributed by atoms with Crippen molar-refractivity contribution in [1.29, 1.82) is 0 Å². The van der Waals surface area contributed by atoms with E-state index in [0.717, 1.165) is 42.3 Å². The molecule has 2 aromatic carbocycles. The number of hydrogen-bond donors (Lipinski definition) is 0. The molecule has 10 heteroatoms. The predicted molar refractivity (Wildman–Crippen MR) is 133 cm³/mol. The Morgan fingerprint density at radius 2 is 1.82 bits per heavy atom. The zero-order valence-electron chi connectivity index (χ0n) is 21.8. The van der Waals surface area contributed by atoms with E-state index in [0.29, 0.717) is 6.61 Å². The molecule has 1 saturated heterocycles. The molecule has 1 aliphatic rings. The van der Waals surface area contributed by atoms with Crippen LogP contribution in [0.3, 0.4) is 0 Å². The highest BCUT2D eigenvalue weighted by Gasteiger charge is 2.32. The van der Waals surface area contributed by atoms with E-state index in [1.165, 1.54) is 12.1 Å². The second-order valence-corrected chi connectivity index (χ2v) is 10.4. The van der Waals surface area contributed by atoms with Crippen molar-refractivity contribution in [2.45, 2.75) is 57.9 Å². The number of ether oxygens (including phenoxy) is 2. The minimum atomic E-state index is -4.64. The molecule has 1 aliphatic heterocycles. The largest absolute Gasteiger partial charge is 0.490 e. The molecule has 1 amide bonds. The van der Waals surface area contributed by atoms with Gasteiger partial charge in [0, 0.05) is 30.8 Å². The number of amides is 1. The molecule has 3 aromatic rings. The minimum absolute atomic E-state index is 0.0133. The van der Waals surface area contributed by atoms with Crippen LogP contribution in [0, 0.1) is 5.82 Å². The van der Waals surface area contributed by atoms with Gasteiger partial charge in [-0.3, -0.25) is 14.2 Å². The van der Waals surface area contributed by atoms with Crippen LogP contribution in [-0.4, -0.2) is 34.6 Å². The van der Waals surface area contributed by atoms with Gasteiger partial charge in [0.25, 0.3) is 5.91 Å². The molecule has 0 aliphatic carbocycles. The van der Waals surface area contributed by atoms with Gasteiger partial charge in [0.1, 0.15) is 18.2 Å². The van der Waals surface area contributed by atoms with E-state index < -0.39 is 17.6 Å². The monoisotopic (exact) mass is 533 g/mol. The molecule has 0 spiro atoms. The summed E-state index contributed by atoms with van der Waals surface area (Å²) < 4.78 is 68.8. The van der Waals surface area contributed by atoms with Crippen LogP contribution in [0.25, 0.3) is 0 Å². The number of halogens is 4. The van der Waals surface area contributed by atoms with E-state index in [-0.39, 0.29) is 47.3 Å². The van der Waals surface area contributed by atoms with E-state index in [2.05, 4.69) is 4.99 Å². The van der Waals surface area contributed by atoms with Crippen molar-refractivity contribution in [3.63, 3.8) is 0 Å². The lowest BCUT2D eigenvalue weighted by Crippen LogP contribution is -2.26. The maximum atomic E-state index is 13.5. The third kappa shape index (κ3) is 6.35. The van der Waals surface area contributed by atoms with Crippen LogP contribution in [-0.2, 0) is 29.9 Å². The fourth-order valence-corrected chi connectivity index (χ4v) is 4.44. The van der Waals surface area contributed by atoms with Crippen molar-refractivity contribution < 1.29 is 31.8 Å². The van der Waals surface area contributed by atoms with Gasteiger partial charge in [-0.2, -0.15) is 18.2 Å². The van der Waals surface area contributed by atoms with Gasteiger partial charge in [-0.25, -0.2) is 4.39 Å². The maximum absolute atomic E-state index is 13.5. The Balaban J connectivity index is 1.77. The van der Waals surface area contributed by atoms with Crippen molar-refractivity contribution in [1.82, 2.24) is 9.36 Å². The number of hydrogen-bond acceptors (Lipinski definition) is 3. The number of carbonyl (C=O) groups is 1. The topological polar surface area (TPSA) is 57.8 Å². The Hall–Kier alpha value is -3.40. The molecule has 1 fully saturated rings. The quantitative estimate of drug-likeness (QED) is 0.386. The first kappa shape index (κ1) is 27.6. The number of rotatable bonds is 6. The number of nitrogens with zero attached hydrogens (tertiary/aromatic N) is 3. The Bertz CT molecular complexity index is 1360. The average molecular weight is 534 g/mol. The summed E-state index contributed by atoms with van der Waals surface area (Å²) >= 11 is 0. The molecule has 0 unspecified atom stereocenters. The van der Waals surface area contributed by atoms with Crippen molar-refractivity contribution in [3.8, 4) is 5.75 Å². The van der Waals surface area contributed by atoms with Gasteiger partial charge in [-0.1, -0.05) is 32.9 Å². The minimum Gasteiger partial charge on any atom is -0.490 e. The number of aromatic nitrogens is 2. The van der Waals surface area contributed by atoms with Crippen molar-refractivity contribution in [3.05, 3.63) is 82.2 Å². The summed E-state index contributed by atoms with van der Waals surface area (Å²) in [4.78, 5) is 17.7. The van der Waals surface area contributed by atoms with Crippen LogP contribution in [0.5, 0.6) is 5.75 Å². The molecule has 0 radical (unpaired) electrons. The van der Waals surface area contributed by atoms with Gasteiger partial charge in [0.05, 0.1) is 23.8 Å². The van der Waals surface area contributed by atoms with E-state index in [4.69, 9.17) is 9.47 Å². The first-order chi connectivity index (χ1) is 17.8. The smallest absolute Gasteiger partial charge is 0.416 e. The summed E-state index contributed by atoms with van der Waals surface area (Å²) in [6.07, 6.45) is -3.17. The zero-order valence-corrected chi connectivity index (χ0v) is 21.8. The molecule has 1 aromatic heterocycles. The highest BCUT2D eigenvalue weighted by molar-refractivity contribution is 5.97. The molecule has 6 nitrogen and oxygen atoms in total. The fourth-order valence-electron chi connectivity index (χ4n) is 4.44. The summed E-state index contributed by atoms with van der Waals surface area (Å²) in [5, 5.41) is 0. The highest BCUT2D eigenvalue weighted by Crippen LogP contribution is 2.33. The van der Waals surface area contributed by atoms with Crippen molar-refractivity contribution in [2.75, 3.05) is 13.2 Å². The molecule has 38 heavy (non-hydrogen) atoms. The number of benzene rings is 2. The van der Waals surface area contributed by atoms with Crippen molar-refractivity contribution in [2.24, 2.45) is 12.0 Å². The van der Waals surface area contributed by atoms with Gasteiger partial charge in [-0.15, -0.1) is 0 Å². The Labute approximate surface area is 218 Å². The normalized spacial score (nSPS) is 16.7. The third-order valence-corrected chi connectivity index (χ3v) is 6.46. The molecular formula is C28H31F4N3O3. The van der Waals surface area contributed by atoms with Crippen LogP contribution in [0.4, 0.5) is 17.6 Å². The van der Waals surface area contributed by atoms with E-state index in [9.17, 15) is 22.4 Å². The third-order valence-electron chi connectivity index (χ3n) is 6.46. The second-order valence-electron chi connectivity index (χ2n) is 10.4. The lowest BCUT2D eigenvalue weighted by Gasteiger charge is -2.20. The fraction of sp³-hybridized carbons (Fsp3) is 0.429. The van der Waals surface area contributed by atoms with Gasteiger partial charge in [0.15, 0.2) is 5.49 Å². The van der Waals surface area contributed by atoms with Crippen LogP contribution in [0.15, 0.2) is 53.5 Å². The van der Waals surface area contributed by atoms with E-state index in [1.54, 1.807) is 22.9 Å². The summed E-state index contributed by atoms with van der Waals surface area (Å²) in [7, 11) is 1.81. The summed E-state index contributed by atoms with van der Waals surface area (Å²) in [6, 6.07) is 10.5. The Morgan fingerprint density at radius 3 is 2.42 bits per heavy atom. The summed E-state index contributed by atoms with van der Waals surface area (Å²) in [5.74, 6) is -1.22. The SMILES string of the molecule is Cn1c(C(C)(C)C)cc(=NC(=O)c2cc(C(F)(F)F)ccc2OC[C@@H]2CCCO2)n1Cc1ccc(F)cc1. The van der Waals surface area contributed by atoms with Gasteiger partial charge in [-0.05, 0) is 48.7 Å². The van der Waals surface area contributed by atoms with Crippen LogP contribution in [0.2, 0.25) is 0 Å². The van der Waals surface area contributed by atoms with Crippen LogP contribution >= 0.6 is 0 Å². The lowest BCUT2D eigenvalue weighted by atomic mass is 9.92. The molecule has 1 atom stereocenters.